The first-order valence-electron chi connectivity index (χ1n) is 33.3. The van der Waals surface area contributed by atoms with Gasteiger partial charge < -0.3 is 14.2 Å². The molecule has 0 aliphatic carbocycles. The zero-order chi connectivity index (χ0) is 58.5. The van der Waals surface area contributed by atoms with Crippen molar-refractivity contribution in [3.05, 3.63) is 146 Å². The van der Waals surface area contributed by atoms with Gasteiger partial charge in [-0.25, -0.2) is 0 Å². The number of hydrogen-bond acceptors (Lipinski definition) is 6. The average Bonchev–Trinajstić information content (AvgIpc) is 3.47. The molecule has 0 bridgehead atoms. The van der Waals surface area contributed by atoms with Gasteiger partial charge in [0.2, 0.25) is 0 Å². The first kappa shape index (κ1) is 76.3. The lowest BCUT2D eigenvalue weighted by Gasteiger charge is -2.18. The Morgan fingerprint density at radius 1 is 0.259 bits per heavy atom. The van der Waals surface area contributed by atoms with E-state index in [0.29, 0.717) is 19.3 Å². The van der Waals surface area contributed by atoms with E-state index in [0.717, 1.165) is 167 Å². The summed E-state index contributed by atoms with van der Waals surface area (Å²) in [5.74, 6) is -0.931. The van der Waals surface area contributed by atoms with Crippen molar-refractivity contribution in [2.45, 2.75) is 297 Å². The van der Waals surface area contributed by atoms with Crippen LogP contribution in [0.15, 0.2) is 146 Å². The lowest BCUT2D eigenvalue weighted by molar-refractivity contribution is -0.167. The van der Waals surface area contributed by atoms with Crippen LogP contribution in [0.25, 0.3) is 0 Å². The minimum absolute atomic E-state index is 0.0966. The summed E-state index contributed by atoms with van der Waals surface area (Å²) in [7, 11) is 0. The number of hydrogen-bond donors (Lipinski definition) is 0. The molecule has 0 spiro atoms. The lowest BCUT2D eigenvalue weighted by atomic mass is 10.1. The van der Waals surface area contributed by atoms with Gasteiger partial charge >= 0.3 is 17.9 Å². The first-order chi connectivity index (χ1) is 40.0. The summed E-state index contributed by atoms with van der Waals surface area (Å²) in [5.41, 5.74) is 0. The summed E-state index contributed by atoms with van der Waals surface area (Å²) in [4.78, 5) is 38.3. The lowest BCUT2D eigenvalue weighted by Crippen LogP contribution is -2.30. The van der Waals surface area contributed by atoms with E-state index in [-0.39, 0.29) is 31.1 Å². The molecule has 0 saturated carbocycles. The number of allylic oxidation sites excluding steroid dienone is 24. The van der Waals surface area contributed by atoms with Crippen LogP contribution in [0, 0.1) is 0 Å². The number of esters is 3. The van der Waals surface area contributed by atoms with E-state index < -0.39 is 6.10 Å². The Morgan fingerprint density at radius 3 is 0.790 bits per heavy atom. The first-order valence-corrected chi connectivity index (χ1v) is 33.3. The Labute approximate surface area is 499 Å². The fourth-order valence-corrected chi connectivity index (χ4v) is 8.80. The zero-order valence-electron chi connectivity index (χ0n) is 52.5. The average molecular weight is 1120 g/mol. The van der Waals surface area contributed by atoms with Gasteiger partial charge in [-0.3, -0.25) is 14.4 Å². The predicted molar refractivity (Wildman–Crippen MR) is 352 cm³/mol. The van der Waals surface area contributed by atoms with Crippen LogP contribution in [0.2, 0.25) is 0 Å². The number of carbonyl (C=O) groups excluding carboxylic acids is 3. The number of rotatable bonds is 59. The van der Waals surface area contributed by atoms with Crippen LogP contribution < -0.4 is 0 Å². The van der Waals surface area contributed by atoms with Crippen molar-refractivity contribution in [1.29, 1.82) is 0 Å². The highest BCUT2D eigenvalue weighted by atomic mass is 16.6. The second kappa shape index (κ2) is 67.8. The van der Waals surface area contributed by atoms with Crippen LogP contribution in [-0.2, 0) is 28.6 Å². The quantitative estimate of drug-likeness (QED) is 0.0261. The molecule has 0 aromatic rings. The van der Waals surface area contributed by atoms with Gasteiger partial charge in [0.15, 0.2) is 6.10 Å². The Bertz CT molecular complexity index is 1760. The number of carbonyl (C=O) groups is 3. The molecule has 0 aliphatic rings. The Balaban J connectivity index is 4.32. The van der Waals surface area contributed by atoms with E-state index in [1.807, 2.05) is 0 Å². The third-order valence-corrected chi connectivity index (χ3v) is 13.8. The molecule has 0 aromatic carbocycles. The van der Waals surface area contributed by atoms with Crippen molar-refractivity contribution in [2.24, 2.45) is 0 Å². The molecule has 1 unspecified atom stereocenters. The van der Waals surface area contributed by atoms with E-state index in [4.69, 9.17) is 14.2 Å². The molecule has 81 heavy (non-hydrogen) atoms. The highest BCUT2D eigenvalue weighted by Crippen LogP contribution is 2.15. The van der Waals surface area contributed by atoms with Crippen molar-refractivity contribution < 1.29 is 28.6 Å². The molecule has 0 N–H and O–H groups in total. The van der Waals surface area contributed by atoms with Gasteiger partial charge in [0.05, 0.1) is 0 Å². The standard InChI is InChI=1S/C75H122O6/c1-4-7-10-13-16-19-22-25-28-30-31-32-33-34-35-36-37-38-39-40-41-42-43-44-45-46-48-50-53-56-59-62-65-68-74(77)80-71-72(70-79-73(76)67-64-61-58-55-52-49-27-24-21-18-15-12-9-6-3)81-75(78)69-66-63-60-57-54-51-47-29-26-23-20-17-14-11-8-5-2/h7,10,15-16,18-20,23-25,27-29,31-32,34-35,37-38,40-41,43-44,47,72H,4-6,8-9,11-14,17,21-22,26,30,33,36,39,42,45-46,48-71H2,1-3H3/b10-7-,18-15-,19-16-,23-20-,27-24-,28-25-,32-31-,35-34-,38-37-,41-40-,44-43-,47-29-. The van der Waals surface area contributed by atoms with Crippen LogP contribution in [-0.4, -0.2) is 37.2 Å². The van der Waals surface area contributed by atoms with E-state index in [1.165, 1.54) is 83.5 Å². The van der Waals surface area contributed by atoms with Gasteiger partial charge in [-0.1, -0.05) is 276 Å². The number of unbranched alkanes of at least 4 members (excludes halogenated alkanes) is 24. The van der Waals surface area contributed by atoms with Gasteiger partial charge in [-0.15, -0.1) is 0 Å². The fourth-order valence-electron chi connectivity index (χ4n) is 8.80. The molecule has 0 aliphatic heterocycles. The molecule has 0 aromatic heterocycles. The third-order valence-electron chi connectivity index (χ3n) is 13.8. The largest absolute Gasteiger partial charge is 0.462 e. The van der Waals surface area contributed by atoms with E-state index in [9.17, 15) is 14.4 Å². The summed E-state index contributed by atoms with van der Waals surface area (Å²) in [6.07, 6.45) is 97.1. The molecular formula is C75H122O6. The minimum atomic E-state index is -0.801. The van der Waals surface area contributed by atoms with Crippen molar-refractivity contribution in [3.8, 4) is 0 Å². The third kappa shape index (κ3) is 66.0. The van der Waals surface area contributed by atoms with Gasteiger partial charge in [-0.2, -0.15) is 0 Å². The molecule has 0 radical (unpaired) electrons. The zero-order valence-corrected chi connectivity index (χ0v) is 52.5. The van der Waals surface area contributed by atoms with Crippen molar-refractivity contribution in [1.82, 2.24) is 0 Å². The van der Waals surface area contributed by atoms with Crippen LogP contribution in [0.4, 0.5) is 0 Å². The molecule has 6 heteroatoms. The topological polar surface area (TPSA) is 78.9 Å². The summed E-state index contributed by atoms with van der Waals surface area (Å²) >= 11 is 0. The second-order valence-electron chi connectivity index (χ2n) is 21.6. The summed E-state index contributed by atoms with van der Waals surface area (Å²) in [5, 5.41) is 0. The van der Waals surface area contributed by atoms with E-state index in [1.54, 1.807) is 0 Å². The second-order valence-corrected chi connectivity index (χ2v) is 21.6. The molecule has 6 nitrogen and oxygen atoms in total. The normalized spacial score (nSPS) is 13.1. The van der Waals surface area contributed by atoms with Crippen LogP contribution >= 0.6 is 0 Å². The van der Waals surface area contributed by atoms with E-state index in [2.05, 4.69) is 167 Å². The summed E-state index contributed by atoms with van der Waals surface area (Å²) in [6, 6.07) is 0. The van der Waals surface area contributed by atoms with Crippen LogP contribution in [0.1, 0.15) is 290 Å². The molecule has 0 amide bonds. The Kier molecular flexibility index (Phi) is 63.9. The Hall–Kier alpha value is -4.71. The molecule has 0 fully saturated rings. The SMILES string of the molecule is CC/C=C\C/C=C\C/C=C\C/C=C\C/C=C\C/C=C\C/C=C\C/C=C\CCCCCCCCCCC(=O)OCC(COC(=O)CCCCCCC/C=C\C/C=C\CCCC)OC(=O)CCCCCCC/C=C\C/C=C\CCCCCC. The van der Waals surface area contributed by atoms with Crippen molar-refractivity contribution >= 4 is 17.9 Å². The molecule has 0 rings (SSSR count). The van der Waals surface area contributed by atoms with Crippen LogP contribution in [0.5, 0.6) is 0 Å². The molecule has 458 valence electrons. The van der Waals surface area contributed by atoms with Crippen molar-refractivity contribution in [2.75, 3.05) is 13.2 Å². The minimum Gasteiger partial charge on any atom is -0.462 e. The van der Waals surface area contributed by atoms with Gasteiger partial charge in [0, 0.05) is 19.3 Å². The highest BCUT2D eigenvalue weighted by molar-refractivity contribution is 5.71. The highest BCUT2D eigenvalue weighted by Gasteiger charge is 2.19. The summed E-state index contributed by atoms with van der Waals surface area (Å²) in [6.45, 7) is 6.44. The Morgan fingerprint density at radius 2 is 0.494 bits per heavy atom. The van der Waals surface area contributed by atoms with Crippen LogP contribution in [0.3, 0.4) is 0 Å². The molecular weight excluding hydrogens is 997 g/mol. The van der Waals surface area contributed by atoms with Gasteiger partial charge in [-0.05, 0) is 141 Å². The molecule has 1 atom stereocenters. The maximum absolute atomic E-state index is 12.9. The maximum atomic E-state index is 12.9. The van der Waals surface area contributed by atoms with Crippen molar-refractivity contribution in [3.63, 3.8) is 0 Å². The van der Waals surface area contributed by atoms with Gasteiger partial charge in [0.1, 0.15) is 13.2 Å². The molecule has 0 saturated heterocycles. The predicted octanol–water partition coefficient (Wildman–Crippen LogP) is 23.1. The summed E-state index contributed by atoms with van der Waals surface area (Å²) < 4.78 is 16.9. The molecule has 0 heterocycles. The van der Waals surface area contributed by atoms with Gasteiger partial charge in [0.25, 0.3) is 0 Å². The van der Waals surface area contributed by atoms with E-state index >= 15 is 0 Å². The number of ether oxygens (including phenoxy) is 3. The monoisotopic (exact) mass is 1120 g/mol. The smallest absolute Gasteiger partial charge is 0.306 e. The fraction of sp³-hybridized carbons (Fsp3) is 0.640. The maximum Gasteiger partial charge on any atom is 0.306 e.